The third-order valence-corrected chi connectivity index (χ3v) is 4.80. The highest BCUT2D eigenvalue weighted by atomic mass is 32.1. The Balaban J connectivity index is 1.59. The predicted octanol–water partition coefficient (Wildman–Crippen LogP) is 2.83. The molecule has 146 valence electrons. The number of amides is 2. The average molecular weight is 400 g/mol. The van der Waals surface area contributed by atoms with Crippen LogP contribution >= 0.6 is 11.3 Å². The van der Waals surface area contributed by atoms with Gasteiger partial charge in [0.2, 0.25) is 5.91 Å². The maximum atomic E-state index is 12.3. The fraction of sp³-hybridized carbons (Fsp3) is 0.211. The number of nitrogens with zero attached hydrogens (tertiary/aromatic N) is 1. The Morgan fingerprint density at radius 2 is 1.89 bits per heavy atom. The molecule has 3 aromatic rings. The first-order chi connectivity index (χ1) is 13.5. The summed E-state index contributed by atoms with van der Waals surface area (Å²) in [5, 5.41) is 5.09. The van der Waals surface area contributed by atoms with Crippen LogP contribution in [0.4, 0.5) is 5.13 Å². The molecular weight excluding hydrogens is 380 g/mol. The van der Waals surface area contributed by atoms with Crippen molar-refractivity contribution >= 4 is 28.3 Å². The zero-order valence-electron chi connectivity index (χ0n) is 15.4. The summed E-state index contributed by atoms with van der Waals surface area (Å²) in [6.07, 6.45) is 2.48. The molecule has 0 aliphatic heterocycles. The molecular formula is C19H20N4O4S. The second-order valence-corrected chi connectivity index (χ2v) is 6.83. The van der Waals surface area contributed by atoms with E-state index in [1.165, 1.54) is 11.3 Å². The van der Waals surface area contributed by atoms with Gasteiger partial charge in [0.25, 0.3) is 5.91 Å². The fourth-order valence-corrected chi connectivity index (χ4v) is 3.33. The minimum absolute atomic E-state index is 0.144. The van der Waals surface area contributed by atoms with Crippen molar-refractivity contribution in [1.82, 2.24) is 9.97 Å². The zero-order valence-corrected chi connectivity index (χ0v) is 16.3. The standard InChI is InChI=1S/C19H20N4O4S/c1-26-13-5-11(6-14(8-13)27-2)3-4-17(24)23-19-22-16(10-28-19)12-7-15(18(20)25)21-9-12/h5-10,21H,3-4H2,1-2H3,(H2,20,25)(H,22,23,24). The van der Waals surface area contributed by atoms with Crippen molar-refractivity contribution in [2.24, 2.45) is 5.73 Å². The van der Waals surface area contributed by atoms with E-state index in [1.807, 2.05) is 12.1 Å². The molecule has 28 heavy (non-hydrogen) atoms. The van der Waals surface area contributed by atoms with Gasteiger partial charge in [0.05, 0.1) is 19.9 Å². The second-order valence-electron chi connectivity index (χ2n) is 5.97. The maximum Gasteiger partial charge on any atom is 0.265 e. The topological polar surface area (TPSA) is 119 Å². The molecule has 1 aromatic carbocycles. The van der Waals surface area contributed by atoms with Crippen LogP contribution in [0.1, 0.15) is 22.5 Å². The molecule has 0 spiro atoms. The van der Waals surface area contributed by atoms with Crippen LogP contribution in [0.3, 0.4) is 0 Å². The van der Waals surface area contributed by atoms with E-state index in [4.69, 9.17) is 15.2 Å². The van der Waals surface area contributed by atoms with Gasteiger partial charge in [-0.2, -0.15) is 0 Å². The smallest absolute Gasteiger partial charge is 0.265 e. The number of carbonyl (C=O) groups excluding carboxylic acids is 2. The first-order valence-corrected chi connectivity index (χ1v) is 9.32. The largest absolute Gasteiger partial charge is 0.497 e. The summed E-state index contributed by atoms with van der Waals surface area (Å²) in [7, 11) is 3.17. The Morgan fingerprint density at radius 1 is 1.18 bits per heavy atom. The first kappa shape index (κ1) is 19.4. The third kappa shape index (κ3) is 4.68. The molecule has 2 amide bonds. The Hall–Kier alpha value is -3.33. The van der Waals surface area contributed by atoms with E-state index in [0.29, 0.717) is 40.9 Å². The molecule has 9 heteroatoms. The van der Waals surface area contributed by atoms with E-state index in [2.05, 4.69) is 15.3 Å². The zero-order chi connectivity index (χ0) is 20.1. The molecule has 8 nitrogen and oxygen atoms in total. The van der Waals surface area contributed by atoms with Crippen molar-refractivity contribution in [2.45, 2.75) is 12.8 Å². The Kier molecular flexibility index (Phi) is 5.95. The van der Waals surface area contributed by atoms with E-state index in [0.717, 1.165) is 11.1 Å². The summed E-state index contributed by atoms with van der Waals surface area (Å²) < 4.78 is 10.5. The van der Waals surface area contributed by atoms with Crippen LogP contribution in [0.2, 0.25) is 0 Å². The molecule has 3 rings (SSSR count). The molecule has 2 aromatic heterocycles. The fourth-order valence-electron chi connectivity index (χ4n) is 2.60. The van der Waals surface area contributed by atoms with Crippen LogP contribution in [-0.2, 0) is 11.2 Å². The van der Waals surface area contributed by atoms with Crippen molar-refractivity contribution in [3.05, 3.63) is 47.1 Å². The molecule has 2 heterocycles. The predicted molar refractivity (Wildman–Crippen MR) is 107 cm³/mol. The van der Waals surface area contributed by atoms with Gasteiger partial charge in [0.1, 0.15) is 17.2 Å². The number of rotatable bonds is 8. The molecule has 0 atom stereocenters. The number of H-pyrrole nitrogens is 1. The molecule has 0 aliphatic rings. The molecule has 0 bridgehead atoms. The van der Waals surface area contributed by atoms with Crippen LogP contribution in [0.15, 0.2) is 35.8 Å². The van der Waals surface area contributed by atoms with Gasteiger partial charge < -0.3 is 25.5 Å². The van der Waals surface area contributed by atoms with Crippen molar-refractivity contribution in [3.8, 4) is 22.8 Å². The van der Waals surface area contributed by atoms with Crippen molar-refractivity contribution in [2.75, 3.05) is 19.5 Å². The quantitative estimate of drug-likeness (QED) is 0.537. The van der Waals surface area contributed by atoms with Gasteiger partial charge >= 0.3 is 0 Å². The van der Waals surface area contributed by atoms with Gasteiger partial charge in [0.15, 0.2) is 5.13 Å². The summed E-state index contributed by atoms with van der Waals surface area (Å²) in [6.45, 7) is 0. The Labute approximate surface area is 165 Å². The van der Waals surface area contributed by atoms with Crippen LogP contribution in [0, 0.1) is 0 Å². The lowest BCUT2D eigenvalue weighted by Crippen LogP contribution is -2.12. The van der Waals surface area contributed by atoms with E-state index < -0.39 is 5.91 Å². The number of thiazole rings is 1. The number of nitrogens with two attached hydrogens (primary N) is 1. The van der Waals surface area contributed by atoms with Crippen molar-refractivity contribution < 1.29 is 19.1 Å². The summed E-state index contributed by atoms with van der Waals surface area (Å²) in [6, 6.07) is 7.16. The molecule has 0 radical (unpaired) electrons. The second kappa shape index (κ2) is 8.57. The van der Waals surface area contributed by atoms with E-state index in [9.17, 15) is 9.59 Å². The van der Waals surface area contributed by atoms with E-state index in [-0.39, 0.29) is 5.91 Å². The minimum Gasteiger partial charge on any atom is -0.497 e. The highest BCUT2D eigenvalue weighted by molar-refractivity contribution is 7.14. The molecule has 0 saturated heterocycles. The highest BCUT2D eigenvalue weighted by Gasteiger charge is 2.12. The number of methoxy groups -OCH3 is 2. The summed E-state index contributed by atoms with van der Waals surface area (Å²) >= 11 is 1.31. The van der Waals surface area contributed by atoms with E-state index >= 15 is 0 Å². The summed E-state index contributed by atoms with van der Waals surface area (Å²) in [5.41, 5.74) is 7.87. The number of benzene rings is 1. The molecule has 0 aliphatic carbocycles. The lowest BCUT2D eigenvalue weighted by Gasteiger charge is -2.08. The number of carbonyl (C=O) groups is 2. The number of hydrogen-bond acceptors (Lipinski definition) is 6. The summed E-state index contributed by atoms with van der Waals surface area (Å²) in [4.78, 5) is 30.6. The van der Waals surface area contributed by atoms with Gasteiger partial charge in [-0.3, -0.25) is 9.59 Å². The SMILES string of the molecule is COc1cc(CCC(=O)Nc2nc(-c3c[nH]c(C(N)=O)c3)cs2)cc(OC)c1. The Bertz CT molecular complexity index is 973. The Morgan fingerprint density at radius 3 is 2.50 bits per heavy atom. The van der Waals surface area contributed by atoms with Gasteiger partial charge in [-0.05, 0) is 30.2 Å². The molecule has 4 N–H and O–H groups in total. The van der Waals surface area contributed by atoms with Gasteiger partial charge in [-0.25, -0.2) is 4.98 Å². The number of anilines is 1. The molecule has 0 saturated carbocycles. The van der Waals surface area contributed by atoms with E-state index in [1.54, 1.807) is 37.9 Å². The molecule has 0 fully saturated rings. The van der Waals surface area contributed by atoms with Gasteiger partial charge in [-0.15, -0.1) is 11.3 Å². The number of aromatic amines is 1. The first-order valence-electron chi connectivity index (χ1n) is 8.44. The van der Waals surface area contributed by atoms with Gasteiger partial charge in [-0.1, -0.05) is 0 Å². The highest BCUT2D eigenvalue weighted by Crippen LogP contribution is 2.26. The third-order valence-electron chi connectivity index (χ3n) is 4.05. The van der Waals surface area contributed by atoms with Crippen LogP contribution < -0.4 is 20.5 Å². The number of aryl methyl sites for hydroxylation is 1. The molecule has 0 unspecified atom stereocenters. The lowest BCUT2D eigenvalue weighted by molar-refractivity contribution is -0.116. The maximum absolute atomic E-state index is 12.3. The lowest BCUT2D eigenvalue weighted by atomic mass is 10.1. The number of primary amides is 1. The van der Waals surface area contributed by atoms with Crippen LogP contribution in [0.5, 0.6) is 11.5 Å². The normalized spacial score (nSPS) is 10.5. The number of hydrogen-bond donors (Lipinski definition) is 3. The van der Waals surface area contributed by atoms with Gasteiger partial charge in [0, 0.05) is 29.6 Å². The monoisotopic (exact) mass is 400 g/mol. The number of ether oxygens (including phenoxy) is 2. The number of aromatic nitrogens is 2. The summed E-state index contributed by atoms with van der Waals surface area (Å²) in [5.74, 6) is 0.682. The van der Waals surface area contributed by atoms with Crippen molar-refractivity contribution in [1.29, 1.82) is 0 Å². The van der Waals surface area contributed by atoms with Crippen LogP contribution in [-0.4, -0.2) is 36.0 Å². The van der Waals surface area contributed by atoms with Crippen molar-refractivity contribution in [3.63, 3.8) is 0 Å². The minimum atomic E-state index is -0.538. The van der Waals surface area contributed by atoms with Crippen LogP contribution in [0.25, 0.3) is 11.3 Å². The number of nitrogens with one attached hydrogen (secondary N) is 2. The average Bonchev–Trinajstić information content (AvgIpc) is 3.35.